The van der Waals surface area contributed by atoms with Gasteiger partial charge in [0.25, 0.3) is 0 Å². The predicted molar refractivity (Wildman–Crippen MR) is 72.8 cm³/mol. The number of aryl methyl sites for hydroxylation is 1. The van der Waals surface area contributed by atoms with Crippen molar-refractivity contribution in [3.8, 4) is 0 Å². The largest absolute Gasteiger partial charge is 0.373 e. The van der Waals surface area contributed by atoms with Crippen LogP contribution in [-0.4, -0.2) is 26.7 Å². The molecule has 19 heavy (non-hydrogen) atoms. The van der Waals surface area contributed by atoms with E-state index >= 15 is 0 Å². The fourth-order valence-corrected chi connectivity index (χ4v) is 4.67. The minimum absolute atomic E-state index is 0.0346. The number of sulfonamides is 1. The highest BCUT2D eigenvalue weighted by atomic mass is 35.5. The Morgan fingerprint density at radius 3 is 2.74 bits per heavy atom. The van der Waals surface area contributed by atoms with Crippen LogP contribution >= 0.6 is 11.6 Å². The second-order valence-electron chi connectivity index (χ2n) is 5.25. The molecule has 2 aliphatic rings. The maximum absolute atomic E-state index is 12.4. The topological polar surface area (TPSA) is 55.4 Å². The summed E-state index contributed by atoms with van der Waals surface area (Å²) in [6.07, 6.45) is 3.02. The van der Waals surface area contributed by atoms with Crippen molar-refractivity contribution >= 4 is 21.6 Å². The Labute approximate surface area is 118 Å². The summed E-state index contributed by atoms with van der Waals surface area (Å²) in [5, 5.41) is 0.541. The molecule has 6 heteroatoms. The molecule has 2 saturated heterocycles. The first-order valence-corrected chi connectivity index (χ1v) is 8.26. The van der Waals surface area contributed by atoms with Crippen molar-refractivity contribution in [2.24, 2.45) is 0 Å². The highest BCUT2D eigenvalue weighted by Crippen LogP contribution is 2.35. The van der Waals surface area contributed by atoms with E-state index in [1.807, 2.05) is 0 Å². The maximum atomic E-state index is 12.4. The van der Waals surface area contributed by atoms with Crippen LogP contribution in [-0.2, 0) is 14.8 Å². The van der Waals surface area contributed by atoms with E-state index in [1.54, 1.807) is 25.1 Å². The first-order valence-electron chi connectivity index (χ1n) is 6.40. The van der Waals surface area contributed by atoms with E-state index in [0.29, 0.717) is 15.5 Å². The van der Waals surface area contributed by atoms with Crippen LogP contribution in [0.3, 0.4) is 0 Å². The lowest BCUT2D eigenvalue weighted by Crippen LogP contribution is -2.41. The Kier molecular flexibility index (Phi) is 3.33. The van der Waals surface area contributed by atoms with E-state index in [1.165, 1.54) is 0 Å². The van der Waals surface area contributed by atoms with Gasteiger partial charge in [0.05, 0.1) is 23.1 Å². The summed E-state index contributed by atoms with van der Waals surface area (Å²) in [4.78, 5) is 0.291. The van der Waals surface area contributed by atoms with Gasteiger partial charge in [0.1, 0.15) is 0 Å². The summed E-state index contributed by atoms with van der Waals surface area (Å²) < 4.78 is 33.2. The van der Waals surface area contributed by atoms with E-state index in [-0.39, 0.29) is 18.2 Å². The van der Waals surface area contributed by atoms with Gasteiger partial charge in [-0.15, -0.1) is 0 Å². The zero-order chi connectivity index (χ0) is 13.6. The Morgan fingerprint density at radius 2 is 2.16 bits per heavy atom. The third kappa shape index (κ3) is 2.52. The molecule has 0 spiro atoms. The van der Waals surface area contributed by atoms with Gasteiger partial charge in [0, 0.05) is 5.02 Å². The smallest absolute Gasteiger partial charge is 0.241 e. The molecular weight excluding hydrogens is 286 g/mol. The minimum Gasteiger partial charge on any atom is -0.373 e. The molecule has 2 aliphatic heterocycles. The van der Waals surface area contributed by atoms with Crippen LogP contribution in [0.2, 0.25) is 5.02 Å². The van der Waals surface area contributed by atoms with Crippen molar-refractivity contribution in [3.63, 3.8) is 0 Å². The molecule has 1 aromatic carbocycles. The van der Waals surface area contributed by atoms with E-state index in [4.69, 9.17) is 16.3 Å². The fourth-order valence-electron chi connectivity index (χ4n) is 2.94. The molecule has 2 fully saturated rings. The van der Waals surface area contributed by atoms with Gasteiger partial charge in [-0.25, -0.2) is 13.1 Å². The number of benzene rings is 1. The average Bonchev–Trinajstić information content (AvgIpc) is 2.89. The van der Waals surface area contributed by atoms with Crippen LogP contribution in [0.5, 0.6) is 0 Å². The third-order valence-electron chi connectivity index (χ3n) is 3.84. The second-order valence-corrected chi connectivity index (χ2v) is 7.37. The van der Waals surface area contributed by atoms with Crippen LogP contribution < -0.4 is 4.72 Å². The monoisotopic (exact) mass is 301 g/mol. The van der Waals surface area contributed by atoms with Crippen molar-refractivity contribution in [2.75, 3.05) is 0 Å². The minimum atomic E-state index is -3.50. The molecule has 0 aromatic heterocycles. The fraction of sp³-hybridized carbons (Fsp3) is 0.538. The van der Waals surface area contributed by atoms with Crippen molar-refractivity contribution in [3.05, 3.63) is 28.8 Å². The Morgan fingerprint density at radius 1 is 1.37 bits per heavy atom. The van der Waals surface area contributed by atoms with Gasteiger partial charge in [0.15, 0.2) is 0 Å². The van der Waals surface area contributed by atoms with Gasteiger partial charge in [-0.05, 0) is 49.9 Å². The molecule has 2 bridgehead atoms. The number of ether oxygens (including phenoxy) is 1. The van der Waals surface area contributed by atoms with Crippen molar-refractivity contribution in [2.45, 2.75) is 49.3 Å². The molecular formula is C13H16ClNO3S. The summed E-state index contributed by atoms with van der Waals surface area (Å²) in [5.74, 6) is 0. The molecule has 0 radical (unpaired) electrons. The molecule has 4 nitrogen and oxygen atoms in total. The Balaban J connectivity index is 1.83. The van der Waals surface area contributed by atoms with Crippen LogP contribution in [0.15, 0.2) is 23.1 Å². The van der Waals surface area contributed by atoms with Gasteiger partial charge in [-0.3, -0.25) is 0 Å². The first kappa shape index (κ1) is 13.4. The van der Waals surface area contributed by atoms with E-state index in [0.717, 1.165) is 19.3 Å². The van der Waals surface area contributed by atoms with Gasteiger partial charge in [-0.1, -0.05) is 11.6 Å². The molecule has 0 unspecified atom stereocenters. The molecule has 1 N–H and O–H groups in total. The van der Waals surface area contributed by atoms with Gasteiger partial charge in [0.2, 0.25) is 10.0 Å². The second kappa shape index (κ2) is 4.74. The number of hydrogen-bond donors (Lipinski definition) is 1. The van der Waals surface area contributed by atoms with E-state index < -0.39 is 10.0 Å². The highest BCUT2D eigenvalue weighted by Gasteiger charge is 2.42. The Hall–Kier alpha value is -0.620. The summed E-state index contributed by atoms with van der Waals surface area (Å²) in [6, 6.07) is 4.71. The average molecular weight is 302 g/mol. The molecule has 0 amide bonds. The lowest BCUT2D eigenvalue weighted by atomic mass is 9.96. The number of hydrogen-bond acceptors (Lipinski definition) is 3. The van der Waals surface area contributed by atoms with Gasteiger partial charge >= 0.3 is 0 Å². The van der Waals surface area contributed by atoms with Crippen LogP contribution in [0, 0.1) is 6.92 Å². The summed E-state index contributed by atoms with van der Waals surface area (Å²) in [7, 11) is -3.50. The summed E-state index contributed by atoms with van der Waals surface area (Å²) in [5.41, 5.74) is 0.657. The zero-order valence-electron chi connectivity index (χ0n) is 10.6. The van der Waals surface area contributed by atoms with Gasteiger partial charge in [-0.2, -0.15) is 0 Å². The summed E-state index contributed by atoms with van der Waals surface area (Å²) >= 11 is 5.85. The standard InChI is InChI=1S/C13H16ClNO3S/c1-8-6-9(14)2-5-13(8)19(16,17)15-11-7-10-3-4-12(11)18-10/h2,5-6,10-12,15H,3-4,7H2,1H3/t10-,11-,12-/m1/s1. The zero-order valence-corrected chi connectivity index (χ0v) is 12.2. The molecule has 0 aliphatic carbocycles. The van der Waals surface area contributed by atoms with Crippen LogP contribution in [0.1, 0.15) is 24.8 Å². The maximum Gasteiger partial charge on any atom is 0.241 e. The lowest BCUT2D eigenvalue weighted by molar-refractivity contribution is 0.0996. The first-order chi connectivity index (χ1) is 8.95. The number of nitrogens with one attached hydrogen (secondary N) is 1. The molecule has 0 saturated carbocycles. The van der Waals surface area contributed by atoms with E-state index in [2.05, 4.69) is 4.72 Å². The molecule has 3 atom stereocenters. The molecule has 104 valence electrons. The third-order valence-corrected chi connectivity index (χ3v) is 5.72. The van der Waals surface area contributed by atoms with E-state index in [9.17, 15) is 8.42 Å². The SMILES string of the molecule is Cc1cc(Cl)ccc1S(=O)(=O)N[C@@H]1C[C@H]2CC[C@H]1O2. The van der Waals surface area contributed by atoms with Crippen molar-refractivity contribution in [1.29, 1.82) is 0 Å². The predicted octanol–water partition coefficient (Wildman–Crippen LogP) is 2.25. The Bertz CT molecular complexity index is 602. The molecule has 2 heterocycles. The number of fused-ring (bicyclic) bond motifs is 2. The molecule has 1 aromatic rings. The summed E-state index contributed by atoms with van der Waals surface area (Å²) in [6.45, 7) is 1.75. The van der Waals surface area contributed by atoms with Gasteiger partial charge < -0.3 is 4.74 Å². The normalized spacial score (nSPS) is 29.9. The highest BCUT2D eigenvalue weighted by molar-refractivity contribution is 7.89. The number of halogens is 1. The van der Waals surface area contributed by atoms with Crippen molar-refractivity contribution in [1.82, 2.24) is 4.72 Å². The lowest BCUT2D eigenvalue weighted by Gasteiger charge is -2.20. The quantitative estimate of drug-likeness (QED) is 0.931. The molecule has 3 rings (SSSR count). The van der Waals surface area contributed by atoms with Crippen LogP contribution in [0.25, 0.3) is 0 Å². The van der Waals surface area contributed by atoms with Crippen LogP contribution in [0.4, 0.5) is 0 Å². The van der Waals surface area contributed by atoms with Crippen molar-refractivity contribution < 1.29 is 13.2 Å². The number of rotatable bonds is 3.